The fraction of sp³-hybridized carbons (Fsp3) is 0.360. The molecular formula is C25H30N4OS. The summed E-state index contributed by atoms with van der Waals surface area (Å²) in [5.74, 6) is 0. The van der Waals surface area contributed by atoms with Crippen LogP contribution in [0.4, 0.5) is 0 Å². The summed E-state index contributed by atoms with van der Waals surface area (Å²) >= 11 is 5.78. The first-order valence-corrected chi connectivity index (χ1v) is 11.1. The minimum Gasteiger partial charge on any atom is -0.385 e. The van der Waals surface area contributed by atoms with Crippen molar-refractivity contribution >= 4 is 17.3 Å². The molecule has 1 fully saturated rings. The van der Waals surface area contributed by atoms with Crippen LogP contribution in [0.5, 0.6) is 0 Å². The lowest BCUT2D eigenvalue weighted by atomic mass is 9.96. The first-order chi connectivity index (χ1) is 15.0. The Hall–Kier alpha value is -2.70. The number of aromatic nitrogens is 2. The van der Waals surface area contributed by atoms with E-state index in [9.17, 15) is 0 Å². The van der Waals surface area contributed by atoms with Gasteiger partial charge >= 0.3 is 0 Å². The van der Waals surface area contributed by atoms with Crippen molar-refractivity contribution in [2.24, 2.45) is 0 Å². The van der Waals surface area contributed by atoms with E-state index in [0.29, 0.717) is 6.61 Å². The zero-order valence-electron chi connectivity index (χ0n) is 18.6. The van der Waals surface area contributed by atoms with Crippen LogP contribution in [0.3, 0.4) is 0 Å². The van der Waals surface area contributed by atoms with Crippen molar-refractivity contribution in [1.29, 1.82) is 0 Å². The van der Waals surface area contributed by atoms with Crippen LogP contribution in [0.2, 0.25) is 0 Å². The molecule has 1 N–H and O–H groups in total. The number of methoxy groups -OCH3 is 1. The molecule has 162 valence electrons. The largest absolute Gasteiger partial charge is 0.385 e. The Morgan fingerprint density at radius 1 is 1.10 bits per heavy atom. The molecule has 2 aromatic heterocycles. The Balaban J connectivity index is 1.79. The molecule has 0 amide bonds. The van der Waals surface area contributed by atoms with Crippen molar-refractivity contribution in [3.8, 4) is 5.69 Å². The van der Waals surface area contributed by atoms with E-state index >= 15 is 0 Å². The van der Waals surface area contributed by atoms with E-state index in [1.807, 2.05) is 18.3 Å². The molecule has 0 saturated carbocycles. The molecule has 3 heterocycles. The van der Waals surface area contributed by atoms with Gasteiger partial charge in [-0.2, -0.15) is 0 Å². The quantitative estimate of drug-likeness (QED) is 0.427. The third-order valence-corrected chi connectivity index (χ3v) is 6.35. The number of ether oxygens (including phenoxy) is 1. The van der Waals surface area contributed by atoms with Gasteiger partial charge in [-0.15, -0.1) is 0 Å². The summed E-state index contributed by atoms with van der Waals surface area (Å²) in [5, 5.41) is 4.32. The molecule has 1 aliphatic heterocycles. The summed E-state index contributed by atoms with van der Waals surface area (Å²) in [6.07, 6.45) is 2.76. The van der Waals surface area contributed by atoms with Gasteiger partial charge in [0.2, 0.25) is 0 Å². The maximum absolute atomic E-state index is 5.78. The van der Waals surface area contributed by atoms with Crippen molar-refractivity contribution in [2.45, 2.75) is 39.3 Å². The average Bonchev–Trinajstić information content (AvgIpc) is 3.24. The summed E-state index contributed by atoms with van der Waals surface area (Å²) in [5.41, 5.74) is 7.17. The maximum Gasteiger partial charge on any atom is 0.170 e. The molecule has 0 aliphatic carbocycles. The highest BCUT2D eigenvalue weighted by Crippen LogP contribution is 2.41. The van der Waals surface area contributed by atoms with Crippen molar-refractivity contribution in [3.05, 3.63) is 82.9 Å². The number of hydrogen-bond acceptors (Lipinski definition) is 3. The van der Waals surface area contributed by atoms with Crippen LogP contribution in [0.1, 0.15) is 46.7 Å². The topological polar surface area (TPSA) is 42.3 Å². The van der Waals surface area contributed by atoms with Crippen molar-refractivity contribution < 1.29 is 4.74 Å². The minimum absolute atomic E-state index is 0.00250. The predicted molar refractivity (Wildman–Crippen MR) is 129 cm³/mol. The van der Waals surface area contributed by atoms with E-state index in [4.69, 9.17) is 17.0 Å². The highest BCUT2D eigenvalue weighted by Gasteiger charge is 2.41. The molecule has 6 heteroatoms. The van der Waals surface area contributed by atoms with Crippen molar-refractivity contribution in [3.63, 3.8) is 0 Å². The van der Waals surface area contributed by atoms with Crippen molar-refractivity contribution in [1.82, 2.24) is 19.8 Å². The zero-order valence-corrected chi connectivity index (χ0v) is 19.4. The van der Waals surface area contributed by atoms with E-state index in [-0.39, 0.29) is 12.1 Å². The number of nitrogens with one attached hydrogen (secondary N) is 1. The van der Waals surface area contributed by atoms with Crippen LogP contribution < -0.4 is 5.32 Å². The fourth-order valence-corrected chi connectivity index (χ4v) is 4.95. The van der Waals surface area contributed by atoms with Gasteiger partial charge in [-0.3, -0.25) is 4.98 Å². The van der Waals surface area contributed by atoms with Crippen LogP contribution in [0, 0.1) is 20.8 Å². The number of benzene rings is 1. The maximum atomic E-state index is 5.78. The lowest BCUT2D eigenvalue weighted by Crippen LogP contribution is -2.31. The van der Waals surface area contributed by atoms with E-state index in [1.165, 1.54) is 28.2 Å². The summed E-state index contributed by atoms with van der Waals surface area (Å²) in [4.78, 5) is 6.95. The molecule has 2 atom stereocenters. The molecule has 1 aromatic carbocycles. The molecule has 1 saturated heterocycles. The van der Waals surface area contributed by atoms with Crippen LogP contribution in [-0.2, 0) is 4.74 Å². The summed E-state index contributed by atoms with van der Waals surface area (Å²) in [6.45, 7) is 8.05. The third-order valence-electron chi connectivity index (χ3n) is 5.99. The fourth-order valence-electron chi connectivity index (χ4n) is 4.62. The van der Waals surface area contributed by atoms with Gasteiger partial charge in [0.1, 0.15) is 0 Å². The average molecular weight is 435 g/mol. The second-order valence-corrected chi connectivity index (χ2v) is 8.55. The Labute approximate surface area is 190 Å². The molecule has 1 aliphatic rings. The third kappa shape index (κ3) is 4.23. The van der Waals surface area contributed by atoms with E-state index < -0.39 is 0 Å². The van der Waals surface area contributed by atoms with E-state index in [1.54, 1.807) is 7.11 Å². The second kappa shape index (κ2) is 9.20. The lowest BCUT2D eigenvalue weighted by Gasteiger charge is -2.28. The van der Waals surface area contributed by atoms with Gasteiger partial charge in [0, 0.05) is 43.5 Å². The van der Waals surface area contributed by atoms with E-state index in [0.717, 1.165) is 23.8 Å². The van der Waals surface area contributed by atoms with Gasteiger partial charge in [0.05, 0.1) is 17.8 Å². The van der Waals surface area contributed by atoms with Gasteiger partial charge < -0.3 is 19.5 Å². The summed E-state index contributed by atoms with van der Waals surface area (Å²) < 4.78 is 7.64. The van der Waals surface area contributed by atoms with Crippen LogP contribution in [-0.4, -0.2) is 39.8 Å². The Bertz CT molecular complexity index is 1060. The van der Waals surface area contributed by atoms with Crippen LogP contribution in [0.15, 0.2) is 54.7 Å². The summed E-state index contributed by atoms with van der Waals surface area (Å²) in [7, 11) is 1.74. The predicted octanol–water partition coefficient (Wildman–Crippen LogP) is 4.81. The molecular weight excluding hydrogens is 404 g/mol. The number of rotatable bonds is 7. The molecule has 0 radical (unpaired) electrons. The first-order valence-electron chi connectivity index (χ1n) is 10.7. The van der Waals surface area contributed by atoms with Crippen LogP contribution in [0.25, 0.3) is 5.69 Å². The van der Waals surface area contributed by atoms with Gasteiger partial charge in [-0.1, -0.05) is 18.2 Å². The number of thiocarbonyl (C=S) groups is 1. The van der Waals surface area contributed by atoms with Gasteiger partial charge in [-0.25, -0.2) is 0 Å². The number of hydrogen-bond donors (Lipinski definition) is 1. The lowest BCUT2D eigenvalue weighted by molar-refractivity contribution is 0.180. The van der Waals surface area contributed by atoms with E-state index in [2.05, 4.69) is 76.9 Å². The van der Waals surface area contributed by atoms with Gasteiger partial charge in [0.25, 0.3) is 0 Å². The first kappa shape index (κ1) is 21.5. The SMILES string of the molecule is COCCCN1C(=S)N[C@@H](c2ccccn2)[C@@H]1c1cc(C)n(-c2cccc(C)c2)c1C. The highest BCUT2D eigenvalue weighted by molar-refractivity contribution is 7.80. The standard InChI is InChI=1S/C25H30N4OS/c1-17-9-7-10-20(15-17)29-18(2)16-21(19(29)3)24-23(22-11-5-6-12-26-22)27-25(31)28(24)13-8-14-30-4/h5-7,9-12,15-16,23-24H,8,13-14H2,1-4H3,(H,27,31)/t23-,24-/m0/s1. The van der Waals surface area contributed by atoms with Gasteiger partial charge in [0.15, 0.2) is 5.11 Å². The van der Waals surface area contributed by atoms with Crippen molar-refractivity contribution in [2.75, 3.05) is 20.3 Å². The number of pyridine rings is 1. The Morgan fingerprint density at radius 2 is 1.94 bits per heavy atom. The molecule has 0 spiro atoms. The molecule has 5 nitrogen and oxygen atoms in total. The zero-order chi connectivity index (χ0) is 22.0. The monoisotopic (exact) mass is 434 g/mol. The molecule has 0 unspecified atom stereocenters. The summed E-state index contributed by atoms with van der Waals surface area (Å²) in [6, 6.07) is 17.1. The number of nitrogens with zero attached hydrogens (tertiary/aromatic N) is 3. The Morgan fingerprint density at radius 3 is 2.65 bits per heavy atom. The molecule has 3 aromatic rings. The number of aryl methyl sites for hydroxylation is 2. The normalized spacial score (nSPS) is 18.5. The molecule has 31 heavy (non-hydrogen) atoms. The van der Waals surface area contributed by atoms with Crippen LogP contribution >= 0.6 is 12.2 Å². The minimum atomic E-state index is 0.00250. The smallest absolute Gasteiger partial charge is 0.170 e. The molecule has 4 rings (SSSR count). The van der Waals surface area contributed by atoms with Gasteiger partial charge in [-0.05, 0) is 80.9 Å². The Kier molecular flexibility index (Phi) is 6.39. The second-order valence-electron chi connectivity index (χ2n) is 8.17. The highest BCUT2D eigenvalue weighted by atomic mass is 32.1. The molecule has 0 bridgehead atoms.